The fraction of sp³-hybridized carbons (Fsp3) is 0.200. The van der Waals surface area contributed by atoms with Gasteiger partial charge in [0, 0.05) is 0 Å². The molecule has 0 unspecified atom stereocenters. The van der Waals surface area contributed by atoms with Gasteiger partial charge in [-0.05, 0) is 17.7 Å². The second-order valence-electron chi connectivity index (χ2n) is 4.03. The Hall–Kier alpha value is -2.37. The van der Waals surface area contributed by atoms with E-state index >= 15 is 0 Å². The Labute approximate surface area is 119 Å². The fourth-order valence-electron chi connectivity index (χ4n) is 1.49. The van der Waals surface area contributed by atoms with Crippen LogP contribution in [0, 0.1) is 0 Å². The van der Waals surface area contributed by atoms with Gasteiger partial charge in [-0.3, -0.25) is 9.59 Å². The van der Waals surface area contributed by atoms with E-state index < -0.39 is 29.9 Å². The first-order valence-corrected chi connectivity index (χ1v) is 5.98. The number of hydrogen-bond donors (Lipinski definition) is 0. The minimum atomic E-state index is -4.51. The molecule has 0 saturated heterocycles. The van der Waals surface area contributed by atoms with Gasteiger partial charge in [-0.15, -0.1) is 0 Å². The molecule has 6 heteroatoms. The Kier molecular flexibility index (Phi) is 5.90. The van der Waals surface area contributed by atoms with Crippen LogP contribution in [-0.4, -0.2) is 18.4 Å². The predicted octanol–water partition coefficient (Wildman–Crippen LogP) is 3.41. The van der Waals surface area contributed by atoms with E-state index in [1.165, 1.54) is 24.3 Å². The van der Waals surface area contributed by atoms with Crippen LogP contribution >= 0.6 is 0 Å². The lowest BCUT2D eigenvalue weighted by Gasteiger charge is -2.09. The average Bonchev–Trinajstić information content (AvgIpc) is 2.42. The molecular formula is C15H13F3O3. The molecule has 1 aromatic carbocycles. The molecule has 21 heavy (non-hydrogen) atoms. The standard InChI is InChI=1S/C15H13F3O3/c1-2-9-21-14(20)10-12(19)8-7-11-5-3-4-6-13(11)15(16,17)18/h2-8H,1,9-10H2. The SMILES string of the molecule is C=CCOC(=O)CC(=O)C=Cc1ccccc1C(F)(F)F. The summed E-state index contributed by atoms with van der Waals surface area (Å²) in [5, 5.41) is 0. The maximum Gasteiger partial charge on any atom is 0.416 e. The highest BCUT2D eigenvalue weighted by molar-refractivity contribution is 6.04. The Bertz CT molecular complexity index is 560. The van der Waals surface area contributed by atoms with Crippen molar-refractivity contribution in [3.8, 4) is 0 Å². The summed E-state index contributed by atoms with van der Waals surface area (Å²) in [6.45, 7) is 3.32. The number of benzene rings is 1. The van der Waals surface area contributed by atoms with E-state index in [0.29, 0.717) is 0 Å². The summed E-state index contributed by atoms with van der Waals surface area (Å²) >= 11 is 0. The maximum absolute atomic E-state index is 12.7. The number of ether oxygens (including phenoxy) is 1. The van der Waals surface area contributed by atoms with Crippen LogP contribution in [0.2, 0.25) is 0 Å². The maximum atomic E-state index is 12.7. The number of ketones is 1. The van der Waals surface area contributed by atoms with E-state index in [0.717, 1.165) is 18.2 Å². The largest absolute Gasteiger partial charge is 0.461 e. The van der Waals surface area contributed by atoms with E-state index in [2.05, 4.69) is 11.3 Å². The second-order valence-corrected chi connectivity index (χ2v) is 4.03. The van der Waals surface area contributed by atoms with Crippen LogP contribution in [-0.2, 0) is 20.5 Å². The van der Waals surface area contributed by atoms with Crippen molar-refractivity contribution >= 4 is 17.8 Å². The van der Waals surface area contributed by atoms with E-state index in [-0.39, 0.29) is 12.2 Å². The van der Waals surface area contributed by atoms with Gasteiger partial charge in [-0.2, -0.15) is 13.2 Å². The van der Waals surface area contributed by atoms with Crippen LogP contribution in [0.1, 0.15) is 17.5 Å². The minimum absolute atomic E-state index is 0.0211. The molecule has 0 amide bonds. The quantitative estimate of drug-likeness (QED) is 0.350. The first-order chi connectivity index (χ1) is 9.84. The van der Waals surface area contributed by atoms with Gasteiger partial charge < -0.3 is 4.74 Å². The fourth-order valence-corrected chi connectivity index (χ4v) is 1.49. The van der Waals surface area contributed by atoms with Gasteiger partial charge in [-0.25, -0.2) is 0 Å². The summed E-state index contributed by atoms with van der Waals surface area (Å²) in [5.74, 6) is -1.39. The Morgan fingerprint density at radius 1 is 1.24 bits per heavy atom. The molecule has 0 spiro atoms. The number of carbonyl (C=O) groups is 2. The first-order valence-electron chi connectivity index (χ1n) is 5.98. The molecule has 0 aliphatic rings. The number of carbonyl (C=O) groups excluding carboxylic acids is 2. The van der Waals surface area contributed by atoms with Crippen molar-refractivity contribution in [1.82, 2.24) is 0 Å². The first kappa shape index (κ1) is 16.7. The monoisotopic (exact) mass is 298 g/mol. The molecule has 0 fully saturated rings. The number of esters is 1. The summed E-state index contributed by atoms with van der Waals surface area (Å²) in [6.07, 6.45) is -1.73. The molecule has 0 heterocycles. The summed E-state index contributed by atoms with van der Waals surface area (Å²) in [6, 6.07) is 4.84. The third-order valence-electron chi connectivity index (χ3n) is 2.40. The van der Waals surface area contributed by atoms with Crippen molar-refractivity contribution in [2.24, 2.45) is 0 Å². The predicted molar refractivity (Wildman–Crippen MR) is 71.3 cm³/mol. The van der Waals surface area contributed by atoms with Crippen molar-refractivity contribution < 1.29 is 27.5 Å². The Balaban J connectivity index is 2.75. The Morgan fingerprint density at radius 2 is 1.90 bits per heavy atom. The lowest BCUT2D eigenvalue weighted by atomic mass is 10.1. The van der Waals surface area contributed by atoms with Gasteiger partial charge in [-0.1, -0.05) is 36.9 Å². The molecular weight excluding hydrogens is 285 g/mol. The summed E-state index contributed by atoms with van der Waals surface area (Å²) in [5.41, 5.74) is -0.985. The van der Waals surface area contributed by atoms with E-state index in [9.17, 15) is 22.8 Å². The summed E-state index contributed by atoms with van der Waals surface area (Å²) in [4.78, 5) is 22.6. The van der Waals surface area contributed by atoms with Crippen molar-refractivity contribution in [2.45, 2.75) is 12.6 Å². The van der Waals surface area contributed by atoms with Crippen molar-refractivity contribution in [1.29, 1.82) is 0 Å². The highest BCUT2D eigenvalue weighted by Crippen LogP contribution is 2.32. The Morgan fingerprint density at radius 3 is 2.52 bits per heavy atom. The number of rotatable bonds is 6. The third-order valence-corrected chi connectivity index (χ3v) is 2.40. The highest BCUT2D eigenvalue weighted by Gasteiger charge is 2.32. The van der Waals surface area contributed by atoms with E-state index in [4.69, 9.17) is 0 Å². The van der Waals surface area contributed by atoms with Crippen molar-refractivity contribution in [2.75, 3.05) is 6.61 Å². The summed E-state index contributed by atoms with van der Waals surface area (Å²) < 4.78 is 42.8. The second kappa shape index (κ2) is 7.42. The molecule has 1 rings (SSSR count). The van der Waals surface area contributed by atoms with Crippen molar-refractivity contribution in [3.05, 3.63) is 54.1 Å². The number of allylic oxidation sites excluding steroid dienone is 1. The molecule has 112 valence electrons. The third kappa shape index (κ3) is 5.64. The average molecular weight is 298 g/mol. The molecule has 0 radical (unpaired) electrons. The van der Waals surface area contributed by atoms with E-state index in [1.54, 1.807) is 0 Å². The molecule has 3 nitrogen and oxygen atoms in total. The van der Waals surface area contributed by atoms with Crippen LogP contribution in [0.4, 0.5) is 13.2 Å². The minimum Gasteiger partial charge on any atom is -0.461 e. The van der Waals surface area contributed by atoms with Crippen molar-refractivity contribution in [3.63, 3.8) is 0 Å². The molecule has 0 aliphatic carbocycles. The highest BCUT2D eigenvalue weighted by atomic mass is 19.4. The lowest BCUT2D eigenvalue weighted by molar-refractivity contribution is -0.144. The molecule has 0 bridgehead atoms. The van der Waals surface area contributed by atoms with Gasteiger partial charge in [0.05, 0.1) is 5.56 Å². The van der Waals surface area contributed by atoms with Gasteiger partial charge in [0.2, 0.25) is 0 Å². The lowest BCUT2D eigenvalue weighted by Crippen LogP contribution is -2.10. The topological polar surface area (TPSA) is 43.4 Å². The number of hydrogen-bond acceptors (Lipinski definition) is 3. The van der Waals surface area contributed by atoms with Crippen LogP contribution in [0.3, 0.4) is 0 Å². The van der Waals surface area contributed by atoms with Crippen LogP contribution in [0.15, 0.2) is 43.0 Å². The van der Waals surface area contributed by atoms with Gasteiger partial charge >= 0.3 is 12.1 Å². The van der Waals surface area contributed by atoms with Gasteiger partial charge in [0.25, 0.3) is 0 Å². The van der Waals surface area contributed by atoms with Crippen LogP contribution in [0.25, 0.3) is 6.08 Å². The molecule has 0 aromatic heterocycles. The number of halogens is 3. The zero-order valence-corrected chi connectivity index (χ0v) is 11.0. The summed E-state index contributed by atoms with van der Waals surface area (Å²) in [7, 11) is 0. The zero-order chi connectivity index (χ0) is 15.9. The molecule has 1 aromatic rings. The van der Waals surface area contributed by atoms with Gasteiger partial charge in [0.15, 0.2) is 5.78 Å². The zero-order valence-electron chi connectivity index (χ0n) is 11.0. The van der Waals surface area contributed by atoms with Crippen LogP contribution in [0.5, 0.6) is 0 Å². The smallest absolute Gasteiger partial charge is 0.416 e. The molecule has 0 N–H and O–H groups in total. The normalized spacial score (nSPS) is 11.4. The van der Waals surface area contributed by atoms with Crippen LogP contribution < -0.4 is 0 Å². The molecule has 0 atom stereocenters. The van der Waals surface area contributed by atoms with Gasteiger partial charge in [0.1, 0.15) is 13.0 Å². The van der Waals surface area contributed by atoms with E-state index in [1.807, 2.05) is 0 Å². The number of alkyl halides is 3. The molecule has 0 saturated carbocycles. The molecule has 0 aliphatic heterocycles.